The minimum Gasteiger partial charge on any atom is -0.454 e. The molecule has 0 saturated carbocycles. The lowest BCUT2D eigenvalue weighted by molar-refractivity contribution is 0.162. The number of ether oxygens (including phenoxy) is 2. The predicted molar refractivity (Wildman–Crippen MR) is 133 cm³/mol. The van der Waals surface area contributed by atoms with Crippen LogP contribution in [0.1, 0.15) is 24.0 Å². The Bertz CT molecular complexity index is 1200. The molecular weight excluding hydrogens is 496 g/mol. The molecule has 2 atom stereocenters. The van der Waals surface area contributed by atoms with Crippen molar-refractivity contribution in [2.45, 2.75) is 32.0 Å². The number of halogens is 1. The highest BCUT2D eigenvalue weighted by atomic mass is 79.9. The number of pyridine rings is 1. The molecule has 3 aliphatic rings. The van der Waals surface area contributed by atoms with E-state index in [9.17, 15) is 0 Å². The molecular formula is C25H27BrN6O2. The van der Waals surface area contributed by atoms with Gasteiger partial charge in [0.25, 0.3) is 0 Å². The Morgan fingerprint density at radius 1 is 1.15 bits per heavy atom. The van der Waals surface area contributed by atoms with Crippen molar-refractivity contribution >= 4 is 27.6 Å². The van der Waals surface area contributed by atoms with Crippen molar-refractivity contribution in [3.05, 3.63) is 70.6 Å². The van der Waals surface area contributed by atoms with Crippen molar-refractivity contribution in [1.82, 2.24) is 25.0 Å². The summed E-state index contributed by atoms with van der Waals surface area (Å²) < 4.78 is 13.9. The highest BCUT2D eigenvalue weighted by Gasteiger charge is 2.31. The number of anilines is 1. The standard InChI is InChI=1S/C25H27BrN6O2/c26-20-13-29-32-24(28-12-18-3-1-7-27-11-18)10-21(30-25(20)32)19-4-2-8-31(15-19)14-17-5-6-22-23(9-17)34-16-33-22/h1,3,5-7,9-11,13,19,21,28,30H,2,4,8,12,14-16H2. The van der Waals surface area contributed by atoms with Gasteiger partial charge < -0.3 is 20.1 Å². The van der Waals surface area contributed by atoms with E-state index in [0.717, 1.165) is 52.8 Å². The lowest BCUT2D eigenvalue weighted by Gasteiger charge is -2.38. The Balaban J connectivity index is 1.17. The first-order valence-corrected chi connectivity index (χ1v) is 12.5. The summed E-state index contributed by atoms with van der Waals surface area (Å²) in [5, 5.41) is 11.9. The van der Waals surface area contributed by atoms with Crippen LogP contribution in [0.2, 0.25) is 0 Å². The predicted octanol–water partition coefficient (Wildman–Crippen LogP) is 4.06. The van der Waals surface area contributed by atoms with Gasteiger partial charge in [0.15, 0.2) is 11.5 Å². The normalized spacial score (nSPS) is 21.5. The molecule has 6 rings (SSSR count). The maximum Gasteiger partial charge on any atom is 0.231 e. The molecule has 0 aliphatic carbocycles. The molecule has 2 N–H and O–H groups in total. The summed E-state index contributed by atoms with van der Waals surface area (Å²) in [7, 11) is 0. The molecule has 0 radical (unpaired) electrons. The molecule has 0 spiro atoms. The van der Waals surface area contributed by atoms with Crippen LogP contribution in [0, 0.1) is 5.92 Å². The van der Waals surface area contributed by atoms with Crippen LogP contribution in [0.15, 0.2) is 59.5 Å². The monoisotopic (exact) mass is 522 g/mol. The van der Waals surface area contributed by atoms with Gasteiger partial charge in [-0.15, -0.1) is 0 Å². The van der Waals surface area contributed by atoms with Crippen LogP contribution >= 0.6 is 15.9 Å². The van der Waals surface area contributed by atoms with E-state index in [0.29, 0.717) is 19.3 Å². The van der Waals surface area contributed by atoms with Crippen LogP contribution in [0.3, 0.4) is 0 Å². The number of aromatic nitrogens is 3. The van der Waals surface area contributed by atoms with Gasteiger partial charge in [0.05, 0.1) is 16.7 Å². The molecule has 2 aromatic heterocycles. The number of nitrogens with zero attached hydrogens (tertiary/aromatic N) is 4. The van der Waals surface area contributed by atoms with E-state index in [1.807, 2.05) is 29.2 Å². The molecule has 34 heavy (non-hydrogen) atoms. The van der Waals surface area contributed by atoms with Crippen molar-refractivity contribution in [3.63, 3.8) is 0 Å². The highest BCUT2D eigenvalue weighted by molar-refractivity contribution is 9.10. The number of benzene rings is 1. The molecule has 9 heteroatoms. The van der Waals surface area contributed by atoms with Crippen molar-refractivity contribution in [2.24, 2.45) is 5.92 Å². The minimum atomic E-state index is 0.219. The van der Waals surface area contributed by atoms with E-state index in [-0.39, 0.29) is 6.04 Å². The SMILES string of the molecule is Brc1cnn2c1NC(C1CCCN(Cc3ccc4c(c3)OCO4)C1)C=C2NCc1cccnc1. The molecule has 176 valence electrons. The number of fused-ring (bicyclic) bond motifs is 2. The van der Waals surface area contributed by atoms with Gasteiger partial charge in [-0.3, -0.25) is 9.88 Å². The first kappa shape index (κ1) is 21.5. The molecule has 3 aliphatic heterocycles. The summed E-state index contributed by atoms with van der Waals surface area (Å²) >= 11 is 3.66. The molecule has 1 fully saturated rings. The average Bonchev–Trinajstić information content (AvgIpc) is 3.49. The summed E-state index contributed by atoms with van der Waals surface area (Å²) in [6.45, 7) is 4.06. The van der Waals surface area contributed by atoms with Gasteiger partial charge in [-0.1, -0.05) is 12.1 Å². The van der Waals surface area contributed by atoms with Crippen LogP contribution in [0.5, 0.6) is 11.5 Å². The average molecular weight is 523 g/mol. The van der Waals surface area contributed by atoms with Crippen molar-refractivity contribution in [1.29, 1.82) is 0 Å². The van der Waals surface area contributed by atoms with E-state index < -0.39 is 0 Å². The van der Waals surface area contributed by atoms with Crippen LogP contribution in [-0.4, -0.2) is 45.6 Å². The number of rotatable bonds is 6. The third kappa shape index (κ3) is 4.37. The fraction of sp³-hybridized carbons (Fsp3) is 0.360. The van der Waals surface area contributed by atoms with Gasteiger partial charge in [-0.25, -0.2) is 4.68 Å². The quantitative estimate of drug-likeness (QED) is 0.505. The largest absolute Gasteiger partial charge is 0.454 e. The van der Waals surface area contributed by atoms with E-state index in [1.54, 1.807) is 6.20 Å². The third-order valence-electron chi connectivity index (χ3n) is 6.68. The van der Waals surface area contributed by atoms with E-state index in [1.165, 1.54) is 18.4 Å². The summed E-state index contributed by atoms with van der Waals surface area (Å²) in [6.07, 6.45) is 10.2. The van der Waals surface area contributed by atoms with Crippen LogP contribution in [-0.2, 0) is 13.1 Å². The molecule has 8 nitrogen and oxygen atoms in total. The molecule has 2 unspecified atom stereocenters. The zero-order valence-electron chi connectivity index (χ0n) is 18.8. The van der Waals surface area contributed by atoms with Gasteiger partial charge in [0.1, 0.15) is 11.6 Å². The number of piperidine rings is 1. The number of hydrogen-bond donors (Lipinski definition) is 2. The van der Waals surface area contributed by atoms with E-state index >= 15 is 0 Å². The molecule has 1 saturated heterocycles. The van der Waals surface area contributed by atoms with Gasteiger partial charge in [-0.2, -0.15) is 5.10 Å². The molecule has 1 aromatic carbocycles. The summed E-state index contributed by atoms with van der Waals surface area (Å²) in [4.78, 5) is 6.77. The molecule has 3 aromatic rings. The molecule has 0 bridgehead atoms. The Hall–Kier alpha value is -3.04. The second kappa shape index (κ2) is 9.31. The third-order valence-corrected chi connectivity index (χ3v) is 7.26. The zero-order chi connectivity index (χ0) is 22.9. The number of nitrogens with one attached hydrogen (secondary N) is 2. The Labute approximate surface area is 207 Å². The Morgan fingerprint density at radius 2 is 2.09 bits per heavy atom. The zero-order valence-corrected chi connectivity index (χ0v) is 20.4. The lowest BCUT2D eigenvalue weighted by Crippen LogP contribution is -2.44. The fourth-order valence-electron chi connectivity index (χ4n) is 4.99. The minimum absolute atomic E-state index is 0.219. The topological polar surface area (TPSA) is 76.5 Å². The van der Waals surface area contributed by atoms with Crippen molar-refractivity contribution in [2.75, 3.05) is 25.2 Å². The first-order valence-electron chi connectivity index (χ1n) is 11.7. The fourth-order valence-corrected chi connectivity index (χ4v) is 5.36. The number of hydrogen-bond acceptors (Lipinski definition) is 7. The summed E-state index contributed by atoms with van der Waals surface area (Å²) in [5.74, 6) is 4.18. The Kier molecular flexibility index (Phi) is 5.88. The lowest BCUT2D eigenvalue weighted by atomic mass is 9.89. The number of likely N-dealkylation sites (tertiary alicyclic amines) is 1. The van der Waals surface area contributed by atoms with Crippen molar-refractivity contribution in [3.8, 4) is 11.5 Å². The van der Waals surface area contributed by atoms with Crippen molar-refractivity contribution < 1.29 is 9.47 Å². The van der Waals surface area contributed by atoms with Gasteiger partial charge in [-0.05, 0) is 76.6 Å². The maximum absolute atomic E-state index is 5.57. The molecule has 0 amide bonds. The van der Waals surface area contributed by atoms with Crippen LogP contribution in [0.4, 0.5) is 5.82 Å². The Morgan fingerprint density at radius 3 is 3.00 bits per heavy atom. The smallest absolute Gasteiger partial charge is 0.231 e. The van der Waals surface area contributed by atoms with Gasteiger partial charge >= 0.3 is 0 Å². The summed E-state index contributed by atoms with van der Waals surface area (Å²) in [6, 6.07) is 10.5. The van der Waals surface area contributed by atoms with Gasteiger partial charge in [0, 0.05) is 32.0 Å². The maximum atomic E-state index is 5.57. The summed E-state index contributed by atoms with van der Waals surface area (Å²) in [5.41, 5.74) is 2.40. The second-order valence-electron chi connectivity index (χ2n) is 9.01. The van der Waals surface area contributed by atoms with Crippen LogP contribution in [0.25, 0.3) is 5.82 Å². The van der Waals surface area contributed by atoms with Crippen LogP contribution < -0.4 is 20.1 Å². The van der Waals surface area contributed by atoms with E-state index in [2.05, 4.69) is 65.8 Å². The van der Waals surface area contributed by atoms with Gasteiger partial charge in [0.2, 0.25) is 6.79 Å². The first-order chi connectivity index (χ1) is 16.7. The second-order valence-corrected chi connectivity index (χ2v) is 9.87. The highest BCUT2D eigenvalue weighted by Crippen LogP contribution is 2.35. The van der Waals surface area contributed by atoms with E-state index in [4.69, 9.17) is 9.47 Å². The molecule has 5 heterocycles.